The van der Waals surface area contributed by atoms with E-state index in [9.17, 15) is 0 Å². The van der Waals surface area contributed by atoms with Crippen molar-refractivity contribution in [3.8, 4) is 0 Å². The Kier molecular flexibility index (Phi) is 3.76. The van der Waals surface area contributed by atoms with E-state index < -0.39 is 0 Å². The highest BCUT2D eigenvalue weighted by Gasteiger charge is 2.28. The summed E-state index contributed by atoms with van der Waals surface area (Å²) in [6.07, 6.45) is 2.23. The minimum absolute atomic E-state index is 0.127. The summed E-state index contributed by atoms with van der Waals surface area (Å²) in [7, 11) is 0. The van der Waals surface area contributed by atoms with Crippen molar-refractivity contribution in [2.75, 3.05) is 6.61 Å². The molecule has 1 aromatic carbocycles. The van der Waals surface area contributed by atoms with Crippen LogP contribution in [-0.4, -0.2) is 28.3 Å². The normalized spacial score (nSPS) is 24.4. The van der Waals surface area contributed by atoms with Gasteiger partial charge in [-0.1, -0.05) is 12.1 Å². The lowest BCUT2D eigenvalue weighted by atomic mass is 9.95. The minimum Gasteiger partial charge on any atom is -0.378 e. The first-order valence-electron chi connectivity index (χ1n) is 7.50. The molecule has 20 heavy (non-hydrogen) atoms. The molecular formula is C16H23N3O. The quantitative estimate of drug-likeness (QED) is 0.930. The van der Waals surface area contributed by atoms with E-state index in [2.05, 4.69) is 36.6 Å². The fourth-order valence-electron chi connectivity index (χ4n) is 3.16. The van der Waals surface area contributed by atoms with E-state index in [1.54, 1.807) is 0 Å². The Bertz CT molecular complexity index is 592. The summed E-state index contributed by atoms with van der Waals surface area (Å²) in [5.74, 6) is 1.55. The molecule has 0 amide bonds. The predicted octanol–water partition coefficient (Wildman–Crippen LogP) is 2.35. The van der Waals surface area contributed by atoms with Gasteiger partial charge in [0.1, 0.15) is 5.82 Å². The summed E-state index contributed by atoms with van der Waals surface area (Å²) in [6, 6.07) is 8.42. The Morgan fingerprint density at radius 1 is 1.45 bits per heavy atom. The van der Waals surface area contributed by atoms with Crippen molar-refractivity contribution in [1.29, 1.82) is 0 Å². The molecule has 0 aliphatic carbocycles. The molecule has 0 saturated carbocycles. The number of imidazole rings is 1. The first kappa shape index (κ1) is 13.6. The third-order valence-electron chi connectivity index (χ3n) is 4.30. The lowest BCUT2D eigenvalue weighted by Gasteiger charge is -2.17. The number of nitrogens with two attached hydrogens (primary N) is 1. The number of hydrogen-bond donors (Lipinski definition) is 1. The highest BCUT2D eigenvalue weighted by molar-refractivity contribution is 5.75. The third kappa shape index (κ3) is 2.45. The fourth-order valence-corrected chi connectivity index (χ4v) is 3.16. The molecular weight excluding hydrogens is 250 g/mol. The predicted molar refractivity (Wildman–Crippen MR) is 80.6 cm³/mol. The fraction of sp³-hybridized carbons (Fsp3) is 0.562. The van der Waals surface area contributed by atoms with Crippen LogP contribution in [0.4, 0.5) is 0 Å². The van der Waals surface area contributed by atoms with E-state index in [0.717, 1.165) is 37.3 Å². The molecule has 1 aliphatic rings. The largest absolute Gasteiger partial charge is 0.378 e. The molecule has 0 bridgehead atoms. The van der Waals surface area contributed by atoms with Crippen molar-refractivity contribution in [2.45, 2.75) is 45.4 Å². The molecule has 108 valence electrons. The molecule has 1 aliphatic heterocycles. The lowest BCUT2D eigenvalue weighted by Crippen LogP contribution is -2.33. The Morgan fingerprint density at radius 2 is 2.25 bits per heavy atom. The van der Waals surface area contributed by atoms with Gasteiger partial charge in [-0.05, 0) is 32.4 Å². The van der Waals surface area contributed by atoms with Gasteiger partial charge in [-0.15, -0.1) is 0 Å². The van der Waals surface area contributed by atoms with Crippen LogP contribution in [0.1, 0.15) is 26.1 Å². The summed E-state index contributed by atoms with van der Waals surface area (Å²) >= 11 is 0. The van der Waals surface area contributed by atoms with Gasteiger partial charge in [0.25, 0.3) is 0 Å². The van der Waals surface area contributed by atoms with Gasteiger partial charge in [0.05, 0.1) is 23.7 Å². The molecule has 4 heteroatoms. The van der Waals surface area contributed by atoms with Crippen LogP contribution in [0.3, 0.4) is 0 Å². The first-order chi connectivity index (χ1) is 9.69. The van der Waals surface area contributed by atoms with Crippen LogP contribution in [-0.2, 0) is 17.7 Å². The second-order valence-electron chi connectivity index (χ2n) is 5.77. The van der Waals surface area contributed by atoms with Gasteiger partial charge in [-0.2, -0.15) is 0 Å². The summed E-state index contributed by atoms with van der Waals surface area (Å²) in [4.78, 5) is 4.76. The molecule has 3 rings (SSSR count). The van der Waals surface area contributed by atoms with Crippen LogP contribution in [0.15, 0.2) is 24.3 Å². The van der Waals surface area contributed by atoms with E-state index in [1.165, 1.54) is 5.52 Å². The number of rotatable bonds is 4. The zero-order valence-electron chi connectivity index (χ0n) is 12.2. The van der Waals surface area contributed by atoms with Gasteiger partial charge in [-0.25, -0.2) is 4.98 Å². The Balaban J connectivity index is 1.83. The molecule has 4 nitrogen and oxygen atoms in total. The monoisotopic (exact) mass is 273 g/mol. The van der Waals surface area contributed by atoms with Crippen molar-refractivity contribution in [1.82, 2.24) is 9.55 Å². The molecule has 0 spiro atoms. The van der Waals surface area contributed by atoms with E-state index in [-0.39, 0.29) is 6.04 Å². The standard InChI is InChI=1S/C16H23N3O/c1-3-19-15-7-5-4-6-14(15)18-16(19)9-13(17)12-8-11(2)20-10-12/h4-7,11-13H,3,8-10,17H2,1-2H3. The minimum atomic E-state index is 0.127. The number of fused-ring (bicyclic) bond motifs is 1. The van der Waals surface area contributed by atoms with Crippen molar-refractivity contribution < 1.29 is 4.74 Å². The molecule has 2 N–H and O–H groups in total. The zero-order chi connectivity index (χ0) is 14.1. The molecule has 2 heterocycles. The summed E-state index contributed by atoms with van der Waals surface area (Å²) < 4.78 is 7.90. The molecule has 3 atom stereocenters. The molecule has 1 aromatic heterocycles. The molecule has 0 radical (unpaired) electrons. The molecule has 1 fully saturated rings. The SMILES string of the molecule is CCn1c(CC(N)C2COC(C)C2)nc2ccccc21. The first-order valence-corrected chi connectivity index (χ1v) is 7.50. The smallest absolute Gasteiger partial charge is 0.111 e. The van der Waals surface area contributed by atoms with Gasteiger partial charge >= 0.3 is 0 Å². The van der Waals surface area contributed by atoms with Gasteiger partial charge in [0.2, 0.25) is 0 Å². The number of aromatic nitrogens is 2. The van der Waals surface area contributed by atoms with E-state index >= 15 is 0 Å². The maximum Gasteiger partial charge on any atom is 0.111 e. The van der Waals surface area contributed by atoms with Gasteiger partial charge in [-0.3, -0.25) is 0 Å². The third-order valence-corrected chi connectivity index (χ3v) is 4.30. The maximum atomic E-state index is 6.39. The van der Waals surface area contributed by atoms with E-state index in [4.69, 9.17) is 15.5 Å². The summed E-state index contributed by atoms with van der Waals surface area (Å²) in [5, 5.41) is 0. The highest BCUT2D eigenvalue weighted by atomic mass is 16.5. The maximum absolute atomic E-state index is 6.39. The number of hydrogen-bond acceptors (Lipinski definition) is 3. The van der Waals surface area contributed by atoms with Crippen LogP contribution >= 0.6 is 0 Å². The number of benzene rings is 1. The number of nitrogens with zero attached hydrogens (tertiary/aromatic N) is 2. The highest BCUT2D eigenvalue weighted by Crippen LogP contribution is 2.24. The topological polar surface area (TPSA) is 53.1 Å². The average Bonchev–Trinajstić information content (AvgIpc) is 3.01. The van der Waals surface area contributed by atoms with E-state index in [0.29, 0.717) is 12.0 Å². The summed E-state index contributed by atoms with van der Waals surface area (Å²) in [6.45, 7) is 5.99. The van der Waals surface area contributed by atoms with Crippen molar-refractivity contribution in [2.24, 2.45) is 11.7 Å². The molecule has 2 aromatic rings. The van der Waals surface area contributed by atoms with Crippen LogP contribution in [0.2, 0.25) is 0 Å². The van der Waals surface area contributed by atoms with Crippen LogP contribution < -0.4 is 5.73 Å². The zero-order valence-corrected chi connectivity index (χ0v) is 12.2. The van der Waals surface area contributed by atoms with Crippen LogP contribution in [0.25, 0.3) is 11.0 Å². The van der Waals surface area contributed by atoms with Crippen molar-refractivity contribution in [3.63, 3.8) is 0 Å². The Hall–Kier alpha value is -1.39. The number of aryl methyl sites for hydroxylation is 1. The van der Waals surface area contributed by atoms with Crippen molar-refractivity contribution in [3.05, 3.63) is 30.1 Å². The van der Waals surface area contributed by atoms with Gasteiger partial charge in [0, 0.05) is 24.9 Å². The van der Waals surface area contributed by atoms with Crippen LogP contribution in [0, 0.1) is 5.92 Å². The second-order valence-corrected chi connectivity index (χ2v) is 5.77. The second kappa shape index (κ2) is 5.54. The molecule has 3 unspecified atom stereocenters. The number of ether oxygens (including phenoxy) is 1. The summed E-state index contributed by atoms with van der Waals surface area (Å²) in [5.41, 5.74) is 8.65. The van der Waals surface area contributed by atoms with Crippen LogP contribution in [0.5, 0.6) is 0 Å². The average molecular weight is 273 g/mol. The van der Waals surface area contributed by atoms with Gasteiger partial charge in [0.15, 0.2) is 0 Å². The van der Waals surface area contributed by atoms with Crippen molar-refractivity contribution >= 4 is 11.0 Å². The van der Waals surface area contributed by atoms with E-state index in [1.807, 2.05) is 6.07 Å². The Labute approximate surface area is 119 Å². The Morgan fingerprint density at radius 3 is 2.95 bits per heavy atom. The number of para-hydroxylation sites is 2. The van der Waals surface area contributed by atoms with Gasteiger partial charge < -0.3 is 15.0 Å². The molecule has 1 saturated heterocycles. The lowest BCUT2D eigenvalue weighted by molar-refractivity contribution is 0.118.